The standard InChI is InChI=1S/C9H12F4N4/c1-5(2)17(4-9(11,12)13)7-6(10)3-15-8(14)16-7/h3,5H,4H2,1-2H3,(H2,14,15,16). The number of nitrogen functional groups attached to an aromatic ring is 1. The highest BCUT2D eigenvalue weighted by molar-refractivity contribution is 5.43. The Balaban J connectivity index is 3.10. The van der Waals surface area contributed by atoms with Crippen molar-refractivity contribution >= 4 is 11.8 Å². The average Bonchev–Trinajstić information content (AvgIpc) is 2.17. The lowest BCUT2D eigenvalue weighted by atomic mass is 10.3. The SMILES string of the molecule is CC(C)N(CC(F)(F)F)c1nc(N)ncc1F. The highest BCUT2D eigenvalue weighted by atomic mass is 19.4. The summed E-state index contributed by atoms with van der Waals surface area (Å²) in [6.45, 7) is 1.71. The molecule has 0 unspecified atom stereocenters. The van der Waals surface area contributed by atoms with Crippen LogP contribution in [0, 0.1) is 5.82 Å². The summed E-state index contributed by atoms with van der Waals surface area (Å²) < 4.78 is 50.4. The van der Waals surface area contributed by atoms with E-state index in [4.69, 9.17) is 5.73 Å². The summed E-state index contributed by atoms with van der Waals surface area (Å²) in [6, 6.07) is -0.569. The molecule has 1 heterocycles. The van der Waals surface area contributed by atoms with Crippen LogP contribution in [0.2, 0.25) is 0 Å². The minimum atomic E-state index is -4.45. The Labute approximate surface area is 95.5 Å². The number of alkyl halides is 3. The van der Waals surface area contributed by atoms with Gasteiger partial charge in [0.25, 0.3) is 0 Å². The van der Waals surface area contributed by atoms with E-state index in [9.17, 15) is 17.6 Å². The maximum atomic E-state index is 13.4. The Morgan fingerprint density at radius 3 is 2.47 bits per heavy atom. The molecule has 0 radical (unpaired) electrons. The lowest BCUT2D eigenvalue weighted by molar-refractivity contribution is -0.120. The van der Waals surface area contributed by atoms with Gasteiger partial charge in [0.15, 0.2) is 11.6 Å². The lowest BCUT2D eigenvalue weighted by Gasteiger charge is -2.28. The fourth-order valence-electron chi connectivity index (χ4n) is 1.27. The van der Waals surface area contributed by atoms with E-state index in [1.807, 2.05) is 0 Å². The van der Waals surface area contributed by atoms with E-state index in [-0.39, 0.29) is 5.95 Å². The summed E-state index contributed by atoms with van der Waals surface area (Å²) in [4.78, 5) is 7.64. The zero-order chi connectivity index (χ0) is 13.2. The Bertz CT molecular complexity index is 391. The lowest BCUT2D eigenvalue weighted by Crippen LogP contribution is -2.40. The molecule has 96 valence electrons. The fraction of sp³-hybridized carbons (Fsp3) is 0.556. The van der Waals surface area contributed by atoms with Gasteiger partial charge in [-0.25, -0.2) is 9.37 Å². The van der Waals surface area contributed by atoms with E-state index in [1.165, 1.54) is 13.8 Å². The average molecular weight is 252 g/mol. The van der Waals surface area contributed by atoms with Gasteiger partial charge < -0.3 is 10.6 Å². The van der Waals surface area contributed by atoms with Crippen molar-refractivity contribution in [3.05, 3.63) is 12.0 Å². The van der Waals surface area contributed by atoms with Crippen molar-refractivity contribution < 1.29 is 17.6 Å². The highest BCUT2D eigenvalue weighted by Gasteiger charge is 2.33. The molecule has 0 spiro atoms. The molecular weight excluding hydrogens is 240 g/mol. The zero-order valence-corrected chi connectivity index (χ0v) is 9.29. The second-order valence-electron chi connectivity index (χ2n) is 3.74. The minimum absolute atomic E-state index is 0.269. The number of rotatable bonds is 3. The first-order valence-electron chi connectivity index (χ1n) is 4.82. The van der Waals surface area contributed by atoms with Crippen molar-refractivity contribution in [2.24, 2.45) is 0 Å². The van der Waals surface area contributed by atoms with Gasteiger partial charge in [-0.05, 0) is 13.8 Å². The molecule has 1 aromatic rings. The first-order valence-corrected chi connectivity index (χ1v) is 4.82. The van der Waals surface area contributed by atoms with Crippen molar-refractivity contribution in [2.75, 3.05) is 17.2 Å². The van der Waals surface area contributed by atoms with Crippen LogP contribution in [-0.4, -0.2) is 28.7 Å². The first-order chi connectivity index (χ1) is 7.70. The molecule has 0 atom stereocenters. The predicted octanol–water partition coefficient (Wildman–Crippen LogP) is 1.98. The summed E-state index contributed by atoms with van der Waals surface area (Å²) in [6.07, 6.45) is -3.69. The predicted molar refractivity (Wildman–Crippen MR) is 54.9 cm³/mol. The van der Waals surface area contributed by atoms with Crippen LogP contribution >= 0.6 is 0 Å². The van der Waals surface area contributed by atoms with Gasteiger partial charge in [-0.2, -0.15) is 18.2 Å². The summed E-state index contributed by atoms with van der Waals surface area (Å²) >= 11 is 0. The largest absolute Gasteiger partial charge is 0.405 e. The molecule has 0 saturated heterocycles. The van der Waals surface area contributed by atoms with Crippen molar-refractivity contribution in [2.45, 2.75) is 26.1 Å². The fourth-order valence-corrected chi connectivity index (χ4v) is 1.27. The van der Waals surface area contributed by atoms with Crippen LogP contribution in [0.3, 0.4) is 0 Å². The Kier molecular flexibility index (Phi) is 3.74. The van der Waals surface area contributed by atoms with Crippen LogP contribution in [-0.2, 0) is 0 Å². The van der Waals surface area contributed by atoms with E-state index in [2.05, 4.69) is 9.97 Å². The molecule has 0 aromatic carbocycles. The van der Waals surface area contributed by atoms with Crippen molar-refractivity contribution in [3.8, 4) is 0 Å². The van der Waals surface area contributed by atoms with E-state index >= 15 is 0 Å². The smallest absolute Gasteiger partial charge is 0.368 e. The van der Waals surface area contributed by atoms with Gasteiger partial charge in [0, 0.05) is 6.04 Å². The Morgan fingerprint density at radius 2 is 2.00 bits per heavy atom. The molecule has 0 fully saturated rings. The topological polar surface area (TPSA) is 55.0 Å². The third kappa shape index (κ3) is 3.72. The Morgan fingerprint density at radius 1 is 1.41 bits per heavy atom. The van der Waals surface area contributed by atoms with Gasteiger partial charge in [-0.3, -0.25) is 0 Å². The number of anilines is 2. The normalized spacial score (nSPS) is 11.9. The van der Waals surface area contributed by atoms with Crippen LogP contribution in [0.4, 0.5) is 29.3 Å². The number of hydrogen-bond donors (Lipinski definition) is 1. The van der Waals surface area contributed by atoms with Gasteiger partial charge in [0.05, 0.1) is 6.20 Å². The van der Waals surface area contributed by atoms with Crippen LogP contribution in [0.1, 0.15) is 13.8 Å². The molecular formula is C9H12F4N4. The molecule has 4 nitrogen and oxygen atoms in total. The van der Waals surface area contributed by atoms with E-state index < -0.39 is 30.4 Å². The van der Waals surface area contributed by atoms with Crippen LogP contribution in [0.5, 0.6) is 0 Å². The quantitative estimate of drug-likeness (QED) is 0.836. The molecule has 0 aliphatic carbocycles. The van der Waals surface area contributed by atoms with Gasteiger partial charge in [0.2, 0.25) is 5.95 Å². The molecule has 1 rings (SSSR count). The molecule has 0 aliphatic rings. The summed E-state index contributed by atoms with van der Waals surface area (Å²) in [5.41, 5.74) is 5.23. The van der Waals surface area contributed by atoms with E-state index in [1.54, 1.807) is 0 Å². The van der Waals surface area contributed by atoms with Crippen LogP contribution < -0.4 is 10.6 Å². The molecule has 2 N–H and O–H groups in total. The number of aromatic nitrogens is 2. The summed E-state index contributed by atoms with van der Waals surface area (Å²) in [5, 5.41) is 0. The third-order valence-electron chi connectivity index (χ3n) is 1.99. The monoisotopic (exact) mass is 252 g/mol. The number of nitrogens with zero attached hydrogens (tertiary/aromatic N) is 3. The molecule has 1 aromatic heterocycles. The second kappa shape index (κ2) is 4.72. The maximum absolute atomic E-state index is 13.4. The summed E-state index contributed by atoms with van der Waals surface area (Å²) in [7, 11) is 0. The molecule has 0 bridgehead atoms. The number of nitrogens with two attached hydrogens (primary N) is 1. The zero-order valence-electron chi connectivity index (χ0n) is 9.29. The molecule has 0 amide bonds. The Hall–Kier alpha value is -1.60. The van der Waals surface area contributed by atoms with E-state index in [0.717, 1.165) is 11.1 Å². The maximum Gasteiger partial charge on any atom is 0.405 e. The summed E-state index contributed by atoms with van der Waals surface area (Å²) in [5.74, 6) is -1.64. The van der Waals surface area contributed by atoms with E-state index in [0.29, 0.717) is 0 Å². The minimum Gasteiger partial charge on any atom is -0.368 e. The number of halogens is 4. The van der Waals surface area contributed by atoms with Crippen LogP contribution in [0.25, 0.3) is 0 Å². The molecule has 0 aliphatic heterocycles. The molecule has 17 heavy (non-hydrogen) atoms. The second-order valence-corrected chi connectivity index (χ2v) is 3.74. The van der Waals surface area contributed by atoms with Gasteiger partial charge >= 0.3 is 6.18 Å². The van der Waals surface area contributed by atoms with Gasteiger partial charge in [-0.15, -0.1) is 0 Å². The first kappa shape index (κ1) is 13.5. The van der Waals surface area contributed by atoms with Crippen molar-refractivity contribution in [3.63, 3.8) is 0 Å². The molecule has 0 saturated carbocycles. The molecule has 8 heteroatoms. The van der Waals surface area contributed by atoms with Gasteiger partial charge in [0.1, 0.15) is 6.54 Å². The van der Waals surface area contributed by atoms with Crippen molar-refractivity contribution in [1.29, 1.82) is 0 Å². The van der Waals surface area contributed by atoms with Crippen LogP contribution in [0.15, 0.2) is 6.20 Å². The third-order valence-corrected chi connectivity index (χ3v) is 1.99. The highest BCUT2D eigenvalue weighted by Crippen LogP contribution is 2.24. The van der Waals surface area contributed by atoms with Gasteiger partial charge in [-0.1, -0.05) is 0 Å². The number of hydrogen-bond acceptors (Lipinski definition) is 4. The van der Waals surface area contributed by atoms with Crippen molar-refractivity contribution in [1.82, 2.24) is 9.97 Å².